The Kier molecular flexibility index (Phi) is 1.77. The average Bonchev–Trinajstić information content (AvgIpc) is 2.59. The summed E-state index contributed by atoms with van der Waals surface area (Å²) in [4.78, 5) is 22.9. The molecule has 2 heterocycles. The zero-order valence-electron chi connectivity index (χ0n) is 7.02. The fourth-order valence-corrected chi connectivity index (χ4v) is 1.09. The van der Waals surface area contributed by atoms with Crippen molar-refractivity contribution in [1.29, 1.82) is 0 Å². The Balaban J connectivity index is 2.30. The van der Waals surface area contributed by atoms with Crippen LogP contribution in [0, 0.1) is 0 Å². The second kappa shape index (κ2) is 2.93. The van der Waals surface area contributed by atoms with Crippen LogP contribution in [0.5, 0.6) is 0 Å². The standard InChI is InChI=1S/C8H7N3O2/c1-13-8(12)7-10-5-2-3-9-4-6(5)11-7/h3-4H,2H2,1H3. The molecule has 5 nitrogen and oxygen atoms in total. The SMILES string of the molecule is COC(=O)C1=NC2=CN=CCC2=N1. The predicted octanol–water partition coefficient (Wildman–Crippen LogP) is 0.328. The lowest BCUT2D eigenvalue weighted by Gasteiger charge is -1.98. The number of aliphatic imine (C=N–C) groups is 3. The van der Waals surface area contributed by atoms with Gasteiger partial charge in [0.1, 0.15) is 5.70 Å². The number of hydrogen-bond acceptors (Lipinski definition) is 5. The van der Waals surface area contributed by atoms with E-state index in [9.17, 15) is 4.79 Å². The Hall–Kier alpha value is -1.78. The lowest BCUT2D eigenvalue weighted by atomic mass is 10.2. The Morgan fingerprint density at radius 1 is 1.54 bits per heavy atom. The molecular weight excluding hydrogens is 170 g/mol. The number of amidine groups is 1. The molecule has 0 saturated heterocycles. The van der Waals surface area contributed by atoms with Crippen molar-refractivity contribution >= 4 is 23.7 Å². The lowest BCUT2D eigenvalue weighted by molar-refractivity contribution is -0.132. The summed E-state index contributed by atoms with van der Waals surface area (Å²) >= 11 is 0. The van der Waals surface area contributed by atoms with Crippen LogP contribution in [-0.2, 0) is 9.53 Å². The number of carbonyl (C=O) groups is 1. The minimum absolute atomic E-state index is 0.106. The maximum absolute atomic E-state index is 11.0. The largest absolute Gasteiger partial charge is 0.463 e. The first-order chi connectivity index (χ1) is 6.31. The Bertz CT molecular complexity index is 377. The van der Waals surface area contributed by atoms with Crippen molar-refractivity contribution < 1.29 is 9.53 Å². The van der Waals surface area contributed by atoms with Gasteiger partial charge in [0, 0.05) is 12.6 Å². The molecule has 0 amide bonds. The van der Waals surface area contributed by atoms with E-state index >= 15 is 0 Å². The molecule has 66 valence electrons. The second-order valence-electron chi connectivity index (χ2n) is 2.54. The molecule has 0 aromatic rings. The summed E-state index contributed by atoms with van der Waals surface area (Å²) in [6, 6.07) is 0. The predicted molar refractivity (Wildman–Crippen MR) is 48.1 cm³/mol. The highest BCUT2D eigenvalue weighted by Crippen LogP contribution is 2.15. The van der Waals surface area contributed by atoms with E-state index in [2.05, 4.69) is 19.7 Å². The highest BCUT2D eigenvalue weighted by molar-refractivity contribution is 6.41. The summed E-state index contributed by atoms with van der Waals surface area (Å²) in [6.45, 7) is 0. The van der Waals surface area contributed by atoms with E-state index in [1.54, 1.807) is 12.4 Å². The molecule has 0 bridgehead atoms. The summed E-state index contributed by atoms with van der Waals surface area (Å²) in [5.41, 5.74) is 1.43. The van der Waals surface area contributed by atoms with Crippen LogP contribution in [-0.4, -0.2) is 30.8 Å². The summed E-state index contributed by atoms with van der Waals surface area (Å²) in [5, 5.41) is 0. The Morgan fingerprint density at radius 3 is 3.08 bits per heavy atom. The number of esters is 1. The molecule has 5 heteroatoms. The molecule has 0 atom stereocenters. The van der Waals surface area contributed by atoms with Crippen LogP contribution in [0.3, 0.4) is 0 Å². The van der Waals surface area contributed by atoms with Gasteiger partial charge < -0.3 is 4.74 Å². The third kappa shape index (κ3) is 1.28. The Morgan fingerprint density at radius 2 is 2.38 bits per heavy atom. The topological polar surface area (TPSA) is 63.4 Å². The van der Waals surface area contributed by atoms with Crippen LogP contribution in [0.1, 0.15) is 6.42 Å². The minimum atomic E-state index is -0.511. The van der Waals surface area contributed by atoms with Crippen molar-refractivity contribution in [2.24, 2.45) is 15.0 Å². The first-order valence-corrected chi connectivity index (χ1v) is 3.78. The van der Waals surface area contributed by atoms with Crippen molar-refractivity contribution in [2.75, 3.05) is 7.11 Å². The van der Waals surface area contributed by atoms with Gasteiger partial charge in [-0.1, -0.05) is 0 Å². The van der Waals surface area contributed by atoms with Gasteiger partial charge in [-0.2, -0.15) is 0 Å². The fourth-order valence-electron chi connectivity index (χ4n) is 1.09. The monoisotopic (exact) mass is 177 g/mol. The number of nitrogens with zero attached hydrogens (tertiary/aromatic N) is 3. The number of ether oxygens (including phenoxy) is 1. The van der Waals surface area contributed by atoms with Gasteiger partial charge in [0.2, 0.25) is 5.84 Å². The van der Waals surface area contributed by atoms with Gasteiger partial charge in [-0.05, 0) is 0 Å². The van der Waals surface area contributed by atoms with Crippen LogP contribution in [0.4, 0.5) is 0 Å². The summed E-state index contributed by atoms with van der Waals surface area (Å²) in [5.74, 6) is -0.406. The maximum atomic E-state index is 11.0. The van der Waals surface area contributed by atoms with Crippen molar-refractivity contribution in [3.05, 3.63) is 11.9 Å². The molecule has 0 aromatic carbocycles. The smallest absolute Gasteiger partial charge is 0.376 e. The Labute approximate surface area is 74.6 Å². The molecule has 2 rings (SSSR count). The first-order valence-electron chi connectivity index (χ1n) is 3.78. The van der Waals surface area contributed by atoms with Gasteiger partial charge in [-0.3, -0.25) is 4.99 Å². The highest BCUT2D eigenvalue weighted by atomic mass is 16.5. The molecule has 0 aliphatic carbocycles. The molecule has 0 spiro atoms. The van der Waals surface area contributed by atoms with E-state index in [4.69, 9.17) is 0 Å². The molecule has 0 saturated carbocycles. The molecule has 0 N–H and O–H groups in total. The second-order valence-corrected chi connectivity index (χ2v) is 2.54. The average molecular weight is 177 g/mol. The van der Waals surface area contributed by atoms with Gasteiger partial charge in [0.25, 0.3) is 0 Å². The van der Waals surface area contributed by atoms with Crippen molar-refractivity contribution in [3.8, 4) is 0 Å². The maximum Gasteiger partial charge on any atom is 0.376 e. The third-order valence-electron chi connectivity index (χ3n) is 1.72. The number of hydrogen-bond donors (Lipinski definition) is 0. The lowest BCUT2D eigenvalue weighted by Crippen LogP contribution is -2.11. The van der Waals surface area contributed by atoms with Crippen molar-refractivity contribution in [2.45, 2.75) is 6.42 Å². The van der Waals surface area contributed by atoms with Gasteiger partial charge in [-0.15, -0.1) is 0 Å². The van der Waals surface area contributed by atoms with E-state index in [1.165, 1.54) is 7.11 Å². The fraction of sp³-hybridized carbons (Fsp3) is 0.250. The summed E-state index contributed by atoms with van der Waals surface area (Å²) < 4.78 is 4.50. The molecule has 13 heavy (non-hydrogen) atoms. The molecule has 2 aliphatic rings. The summed E-state index contributed by atoms with van der Waals surface area (Å²) in [7, 11) is 1.30. The van der Waals surface area contributed by atoms with Gasteiger partial charge in [0.15, 0.2) is 0 Å². The molecule has 2 aliphatic heterocycles. The molecule has 0 fully saturated rings. The van der Waals surface area contributed by atoms with E-state index < -0.39 is 5.97 Å². The first kappa shape index (κ1) is 7.85. The van der Waals surface area contributed by atoms with E-state index in [1.807, 2.05) is 0 Å². The van der Waals surface area contributed by atoms with Gasteiger partial charge >= 0.3 is 5.97 Å². The third-order valence-corrected chi connectivity index (χ3v) is 1.72. The number of allylic oxidation sites excluding steroid dienone is 1. The van der Waals surface area contributed by atoms with Crippen LogP contribution in [0.25, 0.3) is 0 Å². The zero-order chi connectivity index (χ0) is 9.26. The van der Waals surface area contributed by atoms with Gasteiger partial charge in [-0.25, -0.2) is 14.8 Å². The van der Waals surface area contributed by atoms with Crippen LogP contribution >= 0.6 is 0 Å². The zero-order valence-corrected chi connectivity index (χ0v) is 7.02. The van der Waals surface area contributed by atoms with E-state index in [0.29, 0.717) is 12.1 Å². The van der Waals surface area contributed by atoms with Crippen molar-refractivity contribution in [1.82, 2.24) is 0 Å². The number of methoxy groups -OCH3 is 1. The van der Waals surface area contributed by atoms with Gasteiger partial charge in [0.05, 0.1) is 19.0 Å². The number of fused-ring (bicyclic) bond motifs is 1. The summed E-state index contributed by atoms with van der Waals surface area (Å²) in [6.07, 6.45) is 3.92. The van der Waals surface area contributed by atoms with E-state index in [-0.39, 0.29) is 5.84 Å². The van der Waals surface area contributed by atoms with E-state index in [0.717, 1.165) is 5.71 Å². The molecule has 0 radical (unpaired) electrons. The van der Waals surface area contributed by atoms with Crippen LogP contribution in [0.15, 0.2) is 26.9 Å². The molecule has 0 unspecified atom stereocenters. The van der Waals surface area contributed by atoms with Crippen molar-refractivity contribution in [3.63, 3.8) is 0 Å². The molecule has 0 aromatic heterocycles. The highest BCUT2D eigenvalue weighted by Gasteiger charge is 2.22. The number of rotatable bonds is 1. The quantitative estimate of drug-likeness (QED) is 0.542. The minimum Gasteiger partial charge on any atom is -0.463 e. The molecular formula is C8H7N3O2. The van der Waals surface area contributed by atoms with Crippen LogP contribution in [0.2, 0.25) is 0 Å². The van der Waals surface area contributed by atoms with Crippen LogP contribution < -0.4 is 0 Å². The normalized spacial score (nSPS) is 18.7. The number of carbonyl (C=O) groups excluding carboxylic acids is 1.